The summed E-state index contributed by atoms with van der Waals surface area (Å²) in [6.07, 6.45) is 5.58. The third-order valence-corrected chi connectivity index (χ3v) is 4.49. The molecule has 0 radical (unpaired) electrons. The Kier molecular flexibility index (Phi) is 4.82. The Morgan fingerprint density at radius 2 is 1.89 bits per heavy atom. The lowest BCUT2D eigenvalue weighted by atomic mass is 9.78. The van der Waals surface area contributed by atoms with Gasteiger partial charge in [-0.2, -0.15) is 0 Å². The number of hydrogen-bond acceptors (Lipinski definition) is 1. The quantitative estimate of drug-likeness (QED) is 0.834. The van der Waals surface area contributed by atoms with Crippen LogP contribution in [-0.2, 0) is 6.54 Å². The van der Waals surface area contributed by atoms with Gasteiger partial charge >= 0.3 is 0 Å². The predicted molar refractivity (Wildman–Crippen MR) is 78.6 cm³/mol. The Labute approximate surface area is 112 Å². The van der Waals surface area contributed by atoms with Crippen LogP contribution in [0.25, 0.3) is 0 Å². The van der Waals surface area contributed by atoms with Gasteiger partial charge in [-0.1, -0.05) is 51.0 Å². The Bertz CT molecular complexity index is 370. The van der Waals surface area contributed by atoms with Gasteiger partial charge < -0.3 is 5.32 Å². The van der Waals surface area contributed by atoms with Gasteiger partial charge in [-0.15, -0.1) is 0 Å². The minimum atomic E-state index is 0.721. The summed E-state index contributed by atoms with van der Waals surface area (Å²) >= 11 is 0. The zero-order valence-corrected chi connectivity index (χ0v) is 12.1. The van der Waals surface area contributed by atoms with E-state index in [2.05, 4.69) is 50.4 Å². The molecule has 2 unspecified atom stereocenters. The molecule has 0 bridgehead atoms. The minimum Gasteiger partial charge on any atom is -0.310 e. The van der Waals surface area contributed by atoms with Crippen LogP contribution in [0.5, 0.6) is 0 Å². The summed E-state index contributed by atoms with van der Waals surface area (Å²) in [5, 5.41) is 3.81. The molecule has 1 aliphatic carbocycles. The van der Waals surface area contributed by atoms with Crippen LogP contribution in [0.2, 0.25) is 0 Å². The average molecular weight is 245 g/mol. The normalized spacial score (nSPS) is 24.4. The molecule has 0 amide bonds. The molecule has 18 heavy (non-hydrogen) atoms. The fourth-order valence-electron chi connectivity index (χ4n) is 3.26. The van der Waals surface area contributed by atoms with E-state index < -0.39 is 0 Å². The molecule has 1 fully saturated rings. The molecule has 1 N–H and O–H groups in total. The zero-order valence-electron chi connectivity index (χ0n) is 12.1. The second-order valence-corrected chi connectivity index (χ2v) is 6.11. The van der Waals surface area contributed by atoms with Crippen molar-refractivity contribution in [2.24, 2.45) is 11.8 Å². The van der Waals surface area contributed by atoms with Crippen molar-refractivity contribution in [3.05, 3.63) is 35.4 Å². The van der Waals surface area contributed by atoms with Gasteiger partial charge in [-0.3, -0.25) is 0 Å². The van der Waals surface area contributed by atoms with E-state index >= 15 is 0 Å². The first-order chi connectivity index (χ1) is 8.68. The summed E-state index contributed by atoms with van der Waals surface area (Å²) in [6, 6.07) is 9.44. The molecule has 1 nitrogen and oxygen atoms in total. The Morgan fingerprint density at radius 1 is 1.17 bits per heavy atom. The number of aryl methyl sites for hydroxylation is 1. The third-order valence-electron chi connectivity index (χ3n) is 4.49. The minimum absolute atomic E-state index is 0.721. The van der Waals surface area contributed by atoms with Crippen molar-refractivity contribution >= 4 is 0 Å². The number of hydrogen-bond donors (Lipinski definition) is 1. The van der Waals surface area contributed by atoms with Crippen LogP contribution in [0.3, 0.4) is 0 Å². The monoisotopic (exact) mass is 245 g/mol. The molecule has 100 valence electrons. The molecule has 0 aromatic heterocycles. The summed E-state index contributed by atoms with van der Waals surface area (Å²) in [6.45, 7) is 7.98. The fourth-order valence-corrected chi connectivity index (χ4v) is 3.26. The van der Waals surface area contributed by atoms with E-state index in [1.807, 2.05) is 0 Å². The van der Waals surface area contributed by atoms with Gasteiger partial charge in [0.05, 0.1) is 0 Å². The molecule has 0 spiro atoms. The van der Waals surface area contributed by atoms with Crippen LogP contribution in [0, 0.1) is 18.8 Å². The van der Waals surface area contributed by atoms with Crippen LogP contribution in [0.4, 0.5) is 0 Å². The average Bonchev–Trinajstić information content (AvgIpc) is 2.38. The lowest BCUT2D eigenvalue weighted by molar-refractivity contribution is 0.204. The van der Waals surface area contributed by atoms with Crippen LogP contribution in [-0.4, -0.2) is 6.04 Å². The summed E-state index contributed by atoms with van der Waals surface area (Å²) in [4.78, 5) is 0. The van der Waals surface area contributed by atoms with Gasteiger partial charge in [0.15, 0.2) is 0 Å². The molecular weight excluding hydrogens is 218 g/mol. The lowest BCUT2D eigenvalue weighted by Crippen LogP contribution is -2.40. The molecule has 1 aromatic carbocycles. The van der Waals surface area contributed by atoms with Crippen molar-refractivity contribution in [3.8, 4) is 0 Å². The number of rotatable bonds is 4. The Balaban J connectivity index is 1.94. The maximum absolute atomic E-state index is 3.81. The van der Waals surface area contributed by atoms with Crippen LogP contribution in [0.1, 0.15) is 50.7 Å². The highest BCUT2D eigenvalue weighted by Gasteiger charge is 2.26. The van der Waals surface area contributed by atoms with Gasteiger partial charge in [-0.05, 0) is 42.7 Å². The van der Waals surface area contributed by atoms with Crippen molar-refractivity contribution in [3.63, 3.8) is 0 Å². The summed E-state index contributed by atoms with van der Waals surface area (Å²) in [5.74, 6) is 1.67. The van der Waals surface area contributed by atoms with Gasteiger partial charge in [0.2, 0.25) is 0 Å². The van der Waals surface area contributed by atoms with E-state index in [0.29, 0.717) is 0 Å². The van der Waals surface area contributed by atoms with Crippen molar-refractivity contribution in [1.82, 2.24) is 5.32 Å². The van der Waals surface area contributed by atoms with Crippen molar-refractivity contribution in [1.29, 1.82) is 0 Å². The predicted octanol–water partition coefficient (Wildman–Crippen LogP) is 4.30. The smallest absolute Gasteiger partial charge is 0.0210 e. The third kappa shape index (κ3) is 3.35. The fraction of sp³-hybridized carbons (Fsp3) is 0.647. The largest absolute Gasteiger partial charge is 0.310 e. The van der Waals surface area contributed by atoms with Crippen LogP contribution in [0.15, 0.2) is 24.3 Å². The topological polar surface area (TPSA) is 12.0 Å². The molecule has 2 rings (SSSR count). The molecule has 0 saturated heterocycles. The van der Waals surface area contributed by atoms with Gasteiger partial charge in [0.1, 0.15) is 0 Å². The van der Waals surface area contributed by atoms with Gasteiger partial charge in [0.25, 0.3) is 0 Å². The van der Waals surface area contributed by atoms with E-state index in [1.165, 1.54) is 36.8 Å². The molecular formula is C17H27N. The zero-order chi connectivity index (χ0) is 13.0. The van der Waals surface area contributed by atoms with Crippen molar-refractivity contribution in [2.45, 2.75) is 59.0 Å². The number of benzene rings is 1. The summed E-state index contributed by atoms with van der Waals surface area (Å²) in [7, 11) is 0. The van der Waals surface area contributed by atoms with E-state index in [9.17, 15) is 0 Å². The highest BCUT2D eigenvalue weighted by molar-refractivity contribution is 5.25. The molecule has 0 heterocycles. The maximum Gasteiger partial charge on any atom is 0.0210 e. The van der Waals surface area contributed by atoms with Gasteiger partial charge in [0, 0.05) is 12.6 Å². The standard InChI is InChI=1S/C17H27N/c1-13(2)16-10-6-7-11-17(16)18-12-15-9-5-4-8-14(15)3/h4-5,8-9,13,16-18H,6-7,10-12H2,1-3H3. The van der Waals surface area contributed by atoms with E-state index in [-0.39, 0.29) is 0 Å². The highest BCUT2D eigenvalue weighted by Crippen LogP contribution is 2.30. The Hall–Kier alpha value is -0.820. The van der Waals surface area contributed by atoms with Crippen molar-refractivity contribution in [2.75, 3.05) is 0 Å². The van der Waals surface area contributed by atoms with E-state index in [0.717, 1.165) is 24.4 Å². The molecule has 1 aliphatic rings. The first kappa shape index (κ1) is 13.6. The molecule has 1 aromatic rings. The maximum atomic E-state index is 3.81. The van der Waals surface area contributed by atoms with Crippen molar-refractivity contribution < 1.29 is 0 Å². The second kappa shape index (κ2) is 6.38. The highest BCUT2D eigenvalue weighted by atomic mass is 14.9. The summed E-state index contributed by atoms with van der Waals surface area (Å²) in [5.41, 5.74) is 2.85. The SMILES string of the molecule is Cc1ccccc1CNC1CCCCC1C(C)C. The van der Waals surface area contributed by atoms with Crippen LogP contribution >= 0.6 is 0 Å². The molecule has 1 saturated carbocycles. The van der Waals surface area contributed by atoms with Gasteiger partial charge in [-0.25, -0.2) is 0 Å². The number of nitrogens with one attached hydrogen (secondary N) is 1. The molecule has 0 aliphatic heterocycles. The van der Waals surface area contributed by atoms with E-state index in [1.54, 1.807) is 0 Å². The molecule has 1 heteroatoms. The van der Waals surface area contributed by atoms with E-state index in [4.69, 9.17) is 0 Å². The first-order valence-electron chi connectivity index (χ1n) is 7.46. The molecule has 2 atom stereocenters. The lowest BCUT2D eigenvalue weighted by Gasteiger charge is -2.35. The second-order valence-electron chi connectivity index (χ2n) is 6.11. The first-order valence-corrected chi connectivity index (χ1v) is 7.46. The van der Waals surface area contributed by atoms with Crippen LogP contribution < -0.4 is 5.32 Å². The Morgan fingerprint density at radius 3 is 2.61 bits per heavy atom. The summed E-state index contributed by atoms with van der Waals surface area (Å²) < 4.78 is 0.